The van der Waals surface area contributed by atoms with Crippen LogP contribution >= 0.6 is 27.5 Å². The van der Waals surface area contributed by atoms with Gasteiger partial charge in [0.1, 0.15) is 11.6 Å². The molecule has 106 valence electrons. The van der Waals surface area contributed by atoms with E-state index in [0.29, 0.717) is 11.4 Å². The van der Waals surface area contributed by atoms with Crippen molar-refractivity contribution in [2.24, 2.45) is 0 Å². The Morgan fingerprint density at radius 3 is 2.35 bits per heavy atom. The molecule has 2 aromatic carbocycles. The lowest BCUT2D eigenvalue weighted by Crippen LogP contribution is -2.16. The highest BCUT2D eigenvalue weighted by molar-refractivity contribution is 9.10. The summed E-state index contributed by atoms with van der Waals surface area (Å²) in [5, 5.41) is 10.6. The van der Waals surface area contributed by atoms with Gasteiger partial charge in [0.15, 0.2) is 0 Å². The molecule has 1 atom stereocenters. The van der Waals surface area contributed by atoms with Crippen molar-refractivity contribution in [3.63, 3.8) is 0 Å². The third-order valence-electron chi connectivity index (χ3n) is 2.96. The molecular formula is C15H12BrClF2O. The molecule has 0 aliphatic carbocycles. The first-order valence-electron chi connectivity index (χ1n) is 6.02. The average Bonchev–Trinajstić information content (AvgIpc) is 2.42. The molecule has 0 aromatic heterocycles. The van der Waals surface area contributed by atoms with Crippen molar-refractivity contribution in [3.8, 4) is 0 Å². The second-order valence-corrected chi connectivity index (χ2v) is 5.80. The Labute approximate surface area is 129 Å². The normalized spacial score (nSPS) is 12.4. The Morgan fingerprint density at radius 2 is 1.70 bits per heavy atom. The summed E-state index contributed by atoms with van der Waals surface area (Å²) in [5.74, 6) is -1.32. The van der Waals surface area contributed by atoms with Gasteiger partial charge in [-0.05, 0) is 52.2 Å². The molecule has 1 unspecified atom stereocenters. The van der Waals surface area contributed by atoms with Crippen molar-refractivity contribution < 1.29 is 13.9 Å². The Kier molecular flexibility index (Phi) is 5.13. The molecule has 20 heavy (non-hydrogen) atoms. The maximum atomic E-state index is 13.8. The average molecular weight is 362 g/mol. The minimum Gasteiger partial charge on any atom is -0.392 e. The molecule has 0 bridgehead atoms. The van der Waals surface area contributed by atoms with Gasteiger partial charge in [-0.15, -0.1) is 0 Å². The first kappa shape index (κ1) is 15.4. The topological polar surface area (TPSA) is 20.2 Å². The van der Waals surface area contributed by atoms with E-state index < -0.39 is 17.7 Å². The minimum absolute atomic E-state index is 0.0836. The second kappa shape index (κ2) is 6.66. The number of aliphatic hydroxyl groups excluding tert-OH is 1. The third-order valence-corrected chi connectivity index (χ3v) is 3.83. The highest BCUT2D eigenvalue weighted by Gasteiger charge is 2.16. The molecule has 1 nitrogen and oxygen atoms in total. The van der Waals surface area contributed by atoms with Crippen LogP contribution in [0.2, 0.25) is 5.02 Å². The molecule has 0 heterocycles. The fraction of sp³-hybridized carbons (Fsp3) is 0.200. The lowest BCUT2D eigenvalue weighted by molar-refractivity contribution is 0.172. The fourth-order valence-electron chi connectivity index (χ4n) is 1.96. The smallest absolute Gasteiger partial charge is 0.143 e. The predicted octanol–water partition coefficient (Wildman–Crippen LogP) is 4.53. The zero-order valence-electron chi connectivity index (χ0n) is 10.4. The van der Waals surface area contributed by atoms with E-state index in [0.717, 1.165) is 5.56 Å². The van der Waals surface area contributed by atoms with E-state index in [1.165, 1.54) is 12.1 Å². The van der Waals surface area contributed by atoms with E-state index in [4.69, 9.17) is 11.6 Å². The van der Waals surface area contributed by atoms with E-state index in [-0.39, 0.29) is 16.5 Å². The lowest BCUT2D eigenvalue weighted by atomic mass is 10.0. The van der Waals surface area contributed by atoms with Crippen LogP contribution < -0.4 is 0 Å². The summed E-state index contributed by atoms with van der Waals surface area (Å²) in [6.07, 6.45) is -0.642. The first-order valence-corrected chi connectivity index (χ1v) is 7.19. The fourth-order valence-corrected chi connectivity index (χ4v) is 2.45. The number of halogens is 4. The Hall–Kier alpha value is -0.970. The summed E-state index contributed by atoms with van der Waals surface area (Å²) in [4.78, 5) is 0. The SMILES string of the molecule is OC(Cc1ccc(Cl)cc1)Cc1c(F)ccc(Br)c1F. The van der Waals surface area contributed by atoms with Crippen molar-refractivity contribution in [2.75, 3.05) is 0 Å². The van der Waals surface area contributed by atoms with Crippen molar-refractivity contribution in [2.45, 2.75) is 18.9 Å². The number of rotatable bonds is 4. The largest absolute Gasteiger partial charge is 0.392 e. The van der Waals surface area contributed by atoms with Crippen LogP contribution in [-0.2, 0) is 12.8 Å². The van der Waals surface area contributed by atoms with E-state index in [9.17, 15) is 13.9 Å². The van der Waals surface area contributed by atoms with Crippen LogP contribution in [0.25, 0.3) is 0 Å². The van der Waals surface area contributed by atoms with Crippen molar-refractivity contribution >= 4 is 27.5 Å². The maximum Gasteiger partial charge on any atom is 0.143 e. The van der Waals surface area contributed by atoms with Gasteiger partial charge in [0.05, 0.1) is 10.6 Å². The highest BCUT2D eigenvalue weighted by Crippen LogP contribution is 2.23. The lowest BCUT2D eigenvalue weighted by Gasteiger charge is -2.13. The molecule has 5 heteroatoms. The molecule has 1 N–H and O–H groups in total. The van der Waals surface area contributed by atoms with Crippen LogP contribution in [0.15, 0.2) is 40.9 Å². The Bertz CT molecular complexity index is 602. The summed E-state index contributed by atoms with van der Waals surface area (Å²) in [6, 6.07) is 9.46. The molecule has 2 rings (SSSR count). The maximum absolute atomic E-state index is 13.8. The van der Waals surface area contributed by atoms with Gasteiger partial charge in [-0.3, -0.25) is 0 Å². The predicted molar refractivity (Wildman–Crippen MR) is 78.9 cm³/mol. The summed E-state index contributed by atoms with van der Waals surface area (Å²) in [6.45, 7) is 0. The van der Waals surface area contributed by atoms with Gasteiger partial charge < -0.3 is 5.11 Å². The van der Waals surface area contributed by atoms with Crippen LogP contribution in [0.5, 0.6) is 0 Å². The quantitative estimate of drug-likeness (QED) is 0.794. The van der Waals surface area contributed by atoms with Gasteiger partial charge in [0.25, 0.3) is 0 Å². The molecular weight excluding hydrogens is 350 g/mol. The second-order valence-electron chi connectivity index (χ2n) is 4.51. The molecule has 0 radical (unpaired) electrons. The summed E-state index contributed by atoms with van der Waals surface area (Å²) in [7, 11) is 0. The standard InChI is InChI=1S/C15H12BrClF2O/c16-13-5-6-14(18)12(15(13)19)8-11(20)7-9-1-3-10(17)4-2-9/h1-6,11,20H,7-8H2. The minimum atomic E-state index is -0.866. The molecule has 0 saturated carbocycles. The van der Waals surface area contributed by atoms with Gasteiger partial charge >= 0.3 is 0 Å². The van der Waals surface area contributed by atoms with E-state index in [2.05, 4.69) is 15.9 Å². The molecule has 0 aliphatic rings. The zero-order valence-corrected chi connectivity index (χ0v) is 12.8. The molecule has 0 aliphatic heterocycles. The molecule has 0 saturated heterocycles. The number of aliphatic hydroxyl groups is 1. The summed E-state index contributed by atoms with van der Waals surface area (Å²) < 4.78 is 27.6. The molecule has 0 amide bonds. The van der Waals surface area contributed by atoms with E-state index >= 15 is 0 Å². The Balaban J connectivity index is 2.10. The van der Waals surface area contributed by atoms with Crippen LogP contribution in [0, 0.1) is 11.6 Å². The van der Waals surface area contributed by atoms with Crippen LogP contribution in [0.1, 0.15) is 11.1 Å². The monoisotopic (exact) mass is 360 g/mol. The van der Waals surface area contributed by atoms with Crippen molar-refractivity contribution in [1.29, 1.82) is 0 Å². The van der Waals surface area contributed by atoms with E-state index in [1.54, 1.807) is 24.3 Å². The first-order chi connectivity index (χ1) is 9.47. The van der Waals surface area contributed by atoms with Crippen molar-refractivity contribution in [3.05, 3.63) is 68.7 Å². The van der Waals surface area contributed by atoms with Gasteiger partial charge in [-0.25, -0.2) is 8.78 Å². The summed E-state index contributed by atoms with van der Waals surface area (Å²) >= 11 is 8.78. The molecule has 2 aromatic rings. The third kappa shape index (κ3) is 3.78. The van der Waals surface area contributed by atoms with Crippen LogP contribution in [0.4, 0.5) is 8.78 Å². The van der Waals surface area contributed by atoms with Crippen LogP contribution in [0.3, 0.4) is 0 Å². The van der Waals surface area contributed by atoms with Gasteiger partial charge in [-0.1, -0.05) is 23.7 Å². The zero-order chi connectivity index (χ0) is 14.7. The van der Waals surface area contributed by atoms with Gasteiger partial charge in [0, 0.05) is 17.0 Å². The van der Waals surface area contributed by atoms with Gasteiger partial charge in [0.2, 0.25) is 0 Å². The van der Waals surface area contributed by atoms with E-state index in [1.807, 2.05) is 0 Å². The molecule has 0 spiro atoms. The van der Waals surface area contributed by atoms with Crippen molar-refractivity contribution in [1.82, 2.24) is 0 Å². The number of benzene rings is 2. The molecule has 0 fully saturated rings. The van der Waals surface area contributed by atoms with Crippen LogP contribution in [-0.4, -0.2) is 11.2 Å². The highest BCUT2D eigenvalue weighted by atomic mass is 79.9. The number of hydrogen-bond acceptors (Lipinski definition) is 1. The summed E-state index contributed by atoms with van der Waals surface area (Å²) in [5.41, 5.74) is 0.749. The Morgan fingerprint density at radius 1 is 1.05 bits per heavy atom. The van der Waals surface area contributed by atoms with Gasteiger partial charge in [-0.2, -0.15) is 0 Å². The number of hydrogen-bond donors (Lipinski definition) is 1.